The number of nitrogens with one attached hydrogen (secondary N) is 2. The summed E-state index contributed by atoms with van der Waals surface area (Å²) in [7, 11) is 0. The zero-order valence-electron chi connectivity index (χ0n) is 16.7. The van der Waals surface area contributed by atoms with Crippen LogP contribution in [-0.2, 0) is 11.3 Å². The minimum atomic E-state index is -0.200. The van der Waals surface area contributed by atoms with E-state index in [1.807, 2.05) is 24.4 Å². The molecule has 2 aliphatic rings. The van der Waals surface area contributed by atoms with Gasteiger partial charge in [0.1, 0.15) is 5.75 Å². The van der Waals surface area contributed by atoms with Crippen LogP contribution in [0.3, 0.4) is 0 Å². The number of aromatic nitrogens is 1. The lowest BCUT2D eigenvalue weighted by molar-refractivity contribution is -0.127. The van der Waals surface area contributed by atoms with E-state index in [9.17, 15) is 4.79 Å². The molecule has 30 heavy (non-hydrogen) atoms. The molecule has 2 fully saturated rings. The Morgan fingerprint density at radius 3 is 2.70 bits per heavy atom. The van der Waals surface area contributed by atoms with Crippen LogP contribution in [0.1, 0.15) is 23.6 Å². The van der Waals surface area contributed by atoms with E-state index in [1.54, 1.807) is 0 Å². The molecule has 7 nitrogen and oxygen atoms in total. The summed E-state index contributed by atoms with van der Waals surface area (Å²) in [6.07, 6.45) is 2.92. The highest BCUT2D eigenvalue weighted by atomic mass is 16.5. The van der Waals surface area contributed by atoms with Crippen molar-refractivity contribution in [2.75, 3.05) is 19.6 Å². The maximum absolute atomic E-state index is 11.2. The Bertz CT molecular complexity index is 1060. The molecule has 0 spiro atoms. The second kappa shape index (κ2) is 8.02. The molecular weight excluding hydrogens is 378 g/mol. The van der Waals surface area contributed by atoms with Gasteiger partial charge in [-0.2, -0.15) is 0 Å². The molecule has 0 radical (unpaired) electrons. The lowest BCUT2D eigenvalue weighted by Gasteiger charge is -2.37. The topological polar surface area (TPSA) is 92.5 Å². The van der Waals surface area contributed by atoms with Crippen molar-refractivity contribution < 1.29 is 9.53 Å². The van der Waals surface area contributed by atoms with Gasteiger partial charge in [-0.1, -0.05) is 24.3 Å². The first-order valence-corrected chi connectivity index (χ1v) is 10.3. The number of nitrogens with two attached hydrogens (primary N) is 1. The van der Waals surface area contributed by atoms with Crippen LogP contribution < -0.4 is 21.3 Å². The summed E-state index contributed by atoms with van der Waals surface area (Å²) >= 11 is 0. The molecule has 7 heteroatoms. The number of amides is 1. The summed E-state index contributed by atoms with van der Waals surface area (Å²) in [6.45, 7) is 3.30. The third kappa shape index (κ3) is 4.00. The molecule has 0 aliphatic carbocycles. The largest absolute Gasteiger partial charge is 0.439 e. The van der Waals surface area contributed by atoms with Crippen molar-refractivity contribution in [3.05, 3.63) is 65.9 Å². The maximum Gasteiger partial charge on any atom is 0.223 e. The monoisotopic (exact) mass is 403 g/mol. The molecule has 3 aromatic rings. The number of benzene rings is 2. The fourth-order valence-corrected chi connectivity index (χ4v) is 4.09. The molecular formula is C23H25N5O2. The van der Waals surface area contributed by atoms with Gasteiger partial charge in [0.15, 0.2) is 0 Å². The Morgan fingerprint density at radius 1 is 1.13 bits per heavy atom. The smallest absolute Gasteiger partial charge is 0.223 e. The average molecular weight is 403 g/mol. The van der Waals surface area contributed by atoms with Gasteiger partial charge in [0, 0.05) is 44.5 Å². The predicted octanol–water partition coefficient (Wildman–Crippen LogP) is 2.48. The van der Waals surface area contributed by atoms with E-state index in [-0.39, 0.29) is 11.8 Å². The molecule has 4 N–H and O–H groups in total. The molecule has 2 aliphatic heterocycles. The number of primary amides is 1. The molecule has 1 aromatic heterocycles. The van der Waals surface area contributed by atoms with Crippen molar-refractivity contribution in [1.29, 1.82) is 0 Å². The second-order valence-electron chi connectivity index (χ2n) is 8.08. The molecule has 154 valence electrons. The third-order valence-corrected chi connectivity index (χ3v) is 5.86. The van der Waals surface area contributed by atoms with Crippen LogP contribution in [0.5, 0.6) is 11.6 Å². The van der Waals surface area contributed by atoms with E-state index in [1.165, 1.54) is 5.56 Å². The summed E-state index contributed by atoms with van der Waals surface area (Å²) in [5, 5.41) is 2.28. The number of hydrogen-bond donors (Lipinski definition) is 3. The SMILES string of the molecule is NC(=O)C1CN(Cc2ccc3cc(Oc4ccc(C5CCNN5)cn4)ccc3c2)C1. The number of hydrogen-bond acceptors (Lipinski definition) is 6. The first kappa shape index (κ1) is 19.0. The highest BCUT2D eigenvalue weighted by molar-refractivity contribution is 5.84. The fraction of sp³-hybridized carbons (Fsp3) is 0.304. The van der Waals surface area contributed by atoms with E-state index in [2.05, 4.69) is 51.1 Å². The van der Waals surface area contributed by atoms with Gasteiger partial charge >= 0.3 is 0 Å². The fourth-order valence-electron chi connectivity index (χ4n) is 4.09. The predicted molar refractivity (Wildman–Crippen MR) is 115 cm³/mol. The van der Waals surface area contributed by atoms with Gasteiger partial charge in [-0.05, 0) is 46.5 Å². The van der Waals surface area contributed by atoms with Gasteiger partial charge in [0.2, 0.25) is 11.8 Å². The number of ether oxygens (including phenoxy) is 1. The van der Waals surface area contributed by atoms with Crippen LogP contribution >= 0.6 is 0 Å². The average Bonchev–Trinajstić information content (AvgIpc) is 3.25. The van der Waals surface area contributed by atoms with E-state index >= 15 is 0 Å². The molecule has 2 saturated heterocycles. The van der Waals surface area contributed by atoms with Crippen molar-refractivity contribution in [3.63, 3.8) is 0 Å². The van der Waals surface area contributed by atoms with Gasteiger partial charge in [-0.25, -0.2) is 4.98 Å². The Kier molecular flexibility index (Phi) is 5.08. The quantitative estimate of drug-likeness (QED) is 0.586. The number of hydrazine groups is 1. The third-order valence-electron chi connectivity index (χ3n) is 5.86. The Labute approximate surface area is 175 Å². The van der Waals surface area contributed by atoms with Crippen LogP contribution in [0, 0.1) is 5.92 Å². The van der Waals surface area contributed by atoms with Crippen LogP contribution in [0.15, 0.2) is 54.7 Å². The summed E-state index contributed by atoms with van der Waals surface area (Å²) in [6, 6.07) is 16.8. The van der Waals surface area contributed by atoms with Crippen molar-refractivity contribution >= 4 is 16.7 Å². The number of fused-ring (bicyclic) bond motifs is 1. The number of rotatable bonds is 6. The lowest BCUT2D eigenvalue weighted by atomic mass is 9.98. The molecule has 0 saturated carbocycles. The standard InChI is InChI=1S/C23H25N5O2/c24-23(29)19-13-28(14-19)12-15-1-2-17-10-20(5-3-16(17)9-15)30-22-6-4-18(11-25-22)21-7-8-26-27-21/h1-6,9-11,19,21,26-27H,7-8,12-14H2,(H2,24,29). The molecule has 1 amide bonds. The van der Waals surface area contributed by atoms with Gasteiger partial charge in [0.25, 0.3) is 0 Å². The van der Waals surface area contributed by atoms with E-state index < -0.39 is 0 Å². The molecule has 5 rings (SSSR count). The Balaban J connectivity index is 1.24. The van der Waals surface area contributed by atoms with Gasteiger partial charge in [0.05, 0.1) is 5.92 Å². The summed E-state index contributed by atoms with van der Waals surface area (Å²) in [4.78, 5) is 17.9. The first-order chi connectivity index (χ1) is 14.6. The molecule has 1 unspecified atom stereocenters. The molecule has 2 aromatic carbocycles. The van der Waals surface area contributed by atoms with Crippen LogP contribution in [0.25, 0.3) is 10.8 Å². The highest BCUT2D eigenvalue weighted by Gasteiger charge is 2.30. The Hall–Kier alpha value is -3.00. The summed E-state index contributed by atoms with van der Waals surface area (Å²) < 4.78 is 5.96. The maximum atomic E-state index is 11.2. The van der Waals surface area contributed by atoms with Crippen molar-refractivity contribution in [2.45, 2.75) is 19.0 Å². The zero-order valence-corrected chi connectivity index (χ0v) is 16.7. The zero-order chi connectivity index (χ0) is 20.5. The van der Waals surface area contributed by atoms with Crippen molar-refractivity contribution in [2.24, 2.45) is 11.7 Å². The van der Waals surface area contributed by atoms with Gasteiger partial charge in [-0.3, -0.25) is 20.5 Å². The number of likely N-dealkylation sites (tertiary alicyclic amines) is 1. The number of nitrogens with zero attached hydrogens (tertiary/aromatic N) is 2. The van der Waals surface area contributed by atoms with E-state index in [4.69, 9.17) is 10.5 Å². The van der Waals surface area contributed by atoms with Crippen molar-refractivity contribution in [3.8, 4) is 11.6 Å². The number of carbonyl (C=O) groups is 1. The highest BCUT2D eigenvalue weighted by Crippen LogP contribution is 2.27. The van der Waals surface area contributed by atoms with Crippen LogP contribution in [0.2, 0.25) is 0 Å². The normalized spacial score (nSPS) is 19.7. The van der Waals surface area contributed by atoms with Gasteiger partial charge in [-0.15, -0.1) is 0 Å². The molecule has 3 heterocycles. The number of carbonyl (C=O) groups excluding carboxylic acids is 1. The van der Waals surface area contributed by atoms with E-state index in [0.717, 1.165) is 54.7 Å². The number of pyridine rings is 1. The van der Waals surface area contributed by atoms with Crippen LogP contribution in [-0.4, -0.2) is 35.4 Å². The summed E-state index contributed by atoms with van der Waals surface area (Å²) in [5.41, 5.74) is 14.1. The molecule has 1 atom stereocenters. The van der Waals surface area contributed by atoms with Crippen LogP contribution in [0.4, 0.5) is 0 Å². The summed E-state index contributed by atoms with van der Waals surface area (Å²) in [5.74, 6) is 1.15. The minimum Gasteiger partial charge on any atom is -0.439 e. The second-order valence-corrected chi connectivity index (χ2v) is 8.08. The first-order valence-electron chi connectivity index (χ1n) is 10.3. The van der Waals surface area contributed by atoms with Crippen molar-refractivity contribution in [1.82, 2.24) is 20.7 Å². The Morgan fingerprint density at radius 2 is 1.97 bits per heavy atom. The lowest BCUT2D eigenvalue weighted by Crippen LogP contribution is -2.51. The van der Waals surface area contributed by atoms with E-state index in [0.29, 0.717) is 11.9 Å². The van der Waals surface area contributed by atoms with Gasteiger partial charge < -0.3 is 10.5 Å². The molecule has 0 bridgehead atoms. The minimum absolute atomic E-state index is 0.000989.